The first-order chi connectivity index (χ1) is 13.2. The van der Waals surface area contributed by atoms with Crippen LogP contribution in [0, 0.1) is 0 Å². The summed E-state index contributed by atoms with van der Waals surface area (Å²) in [6, 6.07) is 6.15. The molecule has 162 valence electrons. The predicted octanol–water partition coefficient (Wildman–Crippen LogP) is 3.54. The van der Waals surface area contributed by atoms with E-state index < -0.39 is 0 Å². The van der Waals surface area contributed by atoms with Crippen molar-refractivity contribution in [3.8, 4) is 11.5 Å². The molecule has 28 heavy (non-hydrogen) atoms. The number of nitrogens with zero attached hydrogens (tertiary/aromatic N) is 2. The van der Waals surface area contributed by atoms with Gasteiger partial charge in [0.25, 0.3) is 0 Å². The third-order valence-corrected chi connectivity index (χ3v) is 4.52. The summed E-state index contributed by atoms with van der Waals surface area (Å²) in [5, 5.41) is 6.78. The molecule has 0 fully saturated rings. The van der Waals surface area contributed by atoms with E-state index in [0.717, 1.165) is 69.4 Å². The number of hydrogen-bond acceptors (Lipinski definition) is 4. The summed E-state index contributed by atoms with van der Waals surface area (Å²) >= 11 is 0. The summed E-state index contributed by atoms with van der Waals surface area (Å²) in [7, 11) is 3.49. The van der Waals surface area contributed by atoms with E-state index in [-0.39, 0.29) is 24.0 Å². The number of rotatable bonds is 13. The molecule has 0 heterocycles. The van der Waals surface area contributed by atoms with Gasteiger partial charge in [-0.25, -0.2) is 0 Å². The van der Waals surface area contributed by atoms with Gasteiger partial charge in [0.2, 0.25) is 0 Å². The Morgan fingerprint density at radius 3 is 2.29 bits per heavy atom. The van der Waals surface area contributed by atoms with Crippen molar-refractivity contribution < 1.29 is 9.47 Å². The van der Waals surface area contributed by atoms with E-state index >= 15 is 0 Å². The van der Waals surface area contributed by atoms with Crippen molar-refractivity contribution in [2.75, 3.05) is 53.5 Å². The van der Waals surface area contributed by atoms with Gasteiger partial charge in [-0.2, -0.15) is 0 Å². The summed E-state index contributed by atoms with van der Waals surface area (Å²) in [5.41, 5.74) is 1.25. The first-order valence-corrected chi connectivity index (χ1v) is 10.1. The second-order valence-electron chi connectivity index (χ2n) is 6.33. The van der Waals surface area contributed by atoms with Gasteiger partial charge < -0.3 is 25.0 Å². The highest BCUT2D eigenvalue weighted by Gasteiger charge is 2.05. The maximum atomic E-state index is 5.65. The van der Waals surface area contributed by atoms with Gasteiger partial charge in [-0.3, -0.25) is 4.99 Å². The van der Waals surface area contributed by atoms with Crippen LogP contribution >= 0.6 is 24.0 Å². The van der Waals surface area contributed by atoms with Crippen LogP contribution in [0.15, 0.2) is 23.2 Å². The van der Waals surface area contributed by atoms with Crippen LogP contribution < -0.4 is 20.1 Å². The van der Waals surface area contributed by atoms with Gasteiger partial charge in [-0.1, -0.05) is 19.9 Å². The maximum Gasteiger partial charge on any atom is 0.190 e. The molecule has 0 bridgehead atoms. The van der Waals surface area contributed by atoms with Crippen molar-refractivity contribution in [1.82, 2.24) is 15.5 Å². The van der Waals surface area contributed by atoms with Crippen LogP contribution in [-0.2, 0) is 6.42 Å². The molecule has 0 unspecified atom stereocenters. The SMILES string of the molecule is CCOc1cc(CCCNC(=NC)NCCCN(CC)CC)ccc1OC.I. The molecular weight excluding hydrogens is 467 g/mol. The number of hydrogen-bond donors (Lipinski definition) is 2. The first-order valence-electron chi connectivity index (χ1n) is 10.1. The lowest BCUT2D eigenvalue weighted by molar-refractivity contribution is 0.300. The average molecular weight is 506 g/mol. The van der Waals surface area contributed by atoms with Crippen LogP contribution in [0.3, 0.4) is 0 Å². The summed E-state index contributed by atoms with van der Waals surface area (Å²) < 4.78 is 11.0. The van der Waals surface area contributed by atoms with E-state index in [0.29, 0.717) is 6.61 Å². The van der Waals surface area contributed by atoms with E-state index in [4.69, 9.17) is 9.47 Å². The van der Waals surface area contributed by atoms with Gasteiger partial charge in [-0.05, 0) is 63.5 Å². The first kappa shape index (κ1) is 26.8. The molecule has 0 aliphatic carbocycles. The third kappa shape index (κ3) is 10.4. The van der Waals surface area contributed by atoms with Crippen LogP contribution in [-0.4, -0.2) is 64.3 Å². The van der Waals surface area contributed by atoms with Crippen LogP contribution in [0.4, 0.5) is 0 Å². The molecule has 0 amide bonds. The van der Waals surface area contributed by atoms with Crippen LogP contribution in [0.25, 0.3) is 0 Å². The normalized spacial score (nSPS) is 11.1. The Morgan fingerprint density at radius 2 is 1.71 bits per heavy atom. The second-order valence-corrected chi connectivity index (χ2v) is 6.33. The molecule has 0 aliphatic heterocycles. The van der Waals surface area contributed by atoms with E-state index in [2.05, 4.69) is 46.5 Å². The summed E-state index contributed by atoms with van der Waals surface area (Å²) in [4.78, 5) is 6.73. The summed E-state index contributed by atoms with van der Waals surface area (Å²) in [6.07, 6.45) is 3.13. The number of ether oxygens (including phenoxy) is 2. The van der Waals surface area contributed by atoms with Gasteiger partial charge in [0.05, 0.1) is 13.7 Å². The van der Waals surface area contributed by atoms with E-state index in [1.165, 1.54) is 5.56 Å². The molecule has 2 N–H and O–H groups in total. The van der Waals surface area contributed by atoms with Crippen molar-refractivity contribution >= 4 is 29.9 Å². The molecule has 1 aromatic carbocycles. The van der Waals surface area contributed by atoms with Crippen LogP contribution in [0.5, 0.6) is 11.5 Å². The number of halogens is 1. The van der Waals surface area contributed by atoms with Crippen molar-refractivity contribution in [2.45, 2.75) is 40.0 Å². The highest BCUT2D eigenvalue weighted by molar-refractivity contribution is 14.0. The molecule has 1 rings (SSSR count). The lowest BCUT2D eigenvalue weighted by Crippen LogP contribution is -2.39. The Balaban J connectivity index is 0.00000729. The van der Waals surface area contributed by atoms with Crippen LogP contribution in [0.1, 0.15) is 39.2 Å². The highest BCUT2D eigenvalue weighted by atomic mass is 127. The predicted molar refractivity (Wildman–Crippen MR) is 130 cm³/mol. The van der Waals surface area contributed by atoms with Crippen molar-refractivity contribution in [1.29, 1.82) is 0 Å². The lowest BCUT2D eigenvalue weighted by Gasteiger charge is -2.18. The zero-order chi connectivity index (χ0) is 19.9. The topological polar surface area (TPSA) is 58.1 Å². The summed E-state index contributed by atoms with van der Waals surface area (Å²) in [6.45, 7) is 12.2. The average Bonchev–Trinajstić information content (AvgIpc) is 2.70. The Morgan fingerprint density at radius 1 is 1.04 bits per heavy atom. The van der Waals surface area contributed by atoms with Gasteiger partial charge in [0.15, 0.2) is 17.5 Å². The molecule has 0 atom stereocenters. The number of methoxy groups -OCH3 is 1. The number of benzene rings is 1. The Kier molecular flexibility index (Phi) is 16.0. The highest BCUT2D eigenvalue weighted by Crippen LogP contribution is 2.28. The minimum absolute atomic E-state index is 0. The fraction of sp³-hybridized carbons (Fsp3) is 0.667. The van der Waals surface area contributed by atoms with E-state index in [1.54, 1.807) is 7.11 Å². The molecule has 1 aromatic rings. The van der Waals surface area contributed by atoms with Gasteiger partial charge >= 0.3 is 0 Å². The number of aryl methyl sites for hydroxylation is 1. The molecule has 6 nitrogen and oxygen atoms in total. The van der Waals surface area contributed by atoms with Gasteiger partial charge in [-0.15, -0.1) is 24.0 Å². The lowest BCUT2D eigenvalue weighted by atomic mass is 10.1. The quantitative estimate of drug-likeness (QED) is 0.186. The third-order valence-electron chi connectivity index (χ3n) is 4.52. The number of aliphatic imine (C=N–C) groups is 1. The zero-order valence-electron chi connectivity index (χ0n) is 18.2. The van der Waals surface area contributed by atoms with Crippen molar-refractivity contribution in [3.05, 3.63) is 23.8 Å². The van der Waals surface area contributed by atoms with Gasteiger partial charge in [0, 0.05) is 20.1 Å². The molecular formula is C21H39IN4O2. The standard InChI is InChI=1S/C21H38N4O2.HI/c1-6-25(7-2)16-10-15-24-21(22-4)23-14-9-11-18-12-13-19(26-5)20(17-18)27-8-3;/h12-13,17H,6-11,14-16H2,1-5H3,(H2,22,23,24);1H. The number of nitrogens with one attached hydrogen (secondary N) is 2. The van der Waals surface area contributed by atoms with Gasteiger partial charge in [0.1, 0.15) is 0 Å². The van der Waals surface area contributed by atoms with E-state index in [1.807, 2.05) is 20.0 Å². The molecule has 7 heteroatoms. The largest absolute Gasteiger partial charge is 0.493 e. The van der Waals surface area contributed by atoms with Crippen molar-refractivity contribution in [2.24, 2.45) is 4.99 Å². The summed E-state index contributed by atoms with van der Waals surface area (Å²) in [5.74, 6) is 2.48. The Labute approximate surface area is 188 Å². The minimum Gasteiger partial charge on any atom is -0.493 e. The van der Waals surface area contributed by atoms with Crippen LogP contribution in [0.2, 0.25) is 0 Å². The maximum absolute atomic E-state index is 5.65. The zero-order valence-corrected chi connectivity index (χ0v) is 20.5. The molecule has 0 aliphatic rings. The Bertz CT molecular complexity index is 551. The van der Waals surface area contributed by atoms with Crippen molar-refractivity contribution in [3.63, 3.8) is 0 Å². The molecule has 0 radical (unpaired) electrons. The Hall–Kier alpha value is -1.22. The molecule has 0 spiro atoms. The smallest absolute Gasteiger partial charge is 0.190 e. The molecule has 0 saturated carbocycles. The second kappa shape index (κ2) is 16.7. The fourth-order valence-electron chi connectivity index (χ4n) is 2.91. The minimum atomic E-state index is 0. The number of guanidine groups is 1. The molecule has 0 saturated heterocycles. The fourth-order valence-corrected chi connectivity index (χ4v) is 2.91. The van der Waals surface area contributed by atoms with E-state index in [9.17, 15) is 0 Å². The molecule has 0 aromatic heterocycles. The monoisotopic (exact) mass is 506 g/mol.